The van der Waals surface area contributed by atoms with E-state index in [1.165, 1.54) is 75.8 Å². The quantitative estimate of drug-likeness (QED) is 0.126. The van der Waals surface area contributed by atoms with Crippen molar-refractivity contribution in [2.75, 3.05) is 0 Å². The molecule has 7 aromatic rings. The number of esters is 1. The first kappa shape index (κ1) is 40.4. The number of hydrogen-bond acceptors (Lipinski definition) is 15. The number of hydrogen-bond donors (Lipinski definition) is 1. The highest BCUT2D eigenvalue weighted by atomic mass is 32.1. The Morgan fingerprint density at radius 1 is 0.719 bits per heavy atom. The van der Waals surface area contributed by atoms with Gasteiger partial charge in [0.15, 0.2) is 17.0 Å². The number of halogens is 6. The van der Waals surface area contributed by atoms with Gasteiger partial charge in [0.1, 0.15) is 31.5 Å². The lowest BCUT2D eigenvalue weighted by atomic mass is 10.1. The SMILES string of the molecule is Cc1nnc(CO)s1.Cc1nnc(Cn2c(=O)oc3ccc(-c4ccc(OC(F)(F)F)cc4)nc32)s1.O=C1Cc2nc(-c3ccc(OC(F)(F)F)cc3)ccc2O1. The topological polar surface area (TPSA) is 177 Å². The van der Waals surface area contributed by atoms with Crippen molar-refractivity contribution < 1.29 is 54.9 Å². The van der Waals surface area contributed by atoms with Crippen LogP contribution in [0, 0.1) is 13.8 Å². The molecular weight excluding hydrogens is 809 g/mol. The molecule has 0 radical (unpaired) electrons. The van der Waals surface area contributed by atoms with E-state index in [0.717, 1.165) is 10.0 Å². The fourth-order valence-electron chi connectivity index (χ4n) is 5.00. The molecule has 0 amide bonds. The van der Waals surface area contributed by atoms with E-state index >= 15 is 0 Å². The summed E-state index contributed by atoms with van der Waals surface area (Å²) < 4.78 is 92.2. The number of oxazole rings is 1. The third-order valence-corrected chi connectivity index (χ3v) is 8.96. The van der Waals surface area contributed by atoms with Gasteiger partial charge in [-0.3, -0.25) is 9.36 Å². The fraction of sp³-hybridized carbons (Fsp3) is 0.200. The maximum absolute atomic E-state index is 12.3. The lowest BCUT2D eigenvalue weighted by molar-refractivity contribution is -0.275. The number of rotatable bonds is 7. The zero-order valence-corrected chi connectivity index (χ0v) is 30.8. The molecule has 5 aromatic heterocycles. The van der Waals surface area contributed by atoms with E-state index in [1.807, 2.05) is 6.92 Å². The summed E-state index contributed by atoms with van der Waals surface area (Å²) in [5.74, 6) is -1.17. The second-order valence-corrected chi connectivity index (χ2v) is 14.0. The summed E-state index contributed by atoms with van der Waals surface area (Å²) in [6.45, 7) is 3.83. The number of carbonyl (C=O) groups is 1. The average molecular weight is 834 g/mol. The Kier molecular flexibility index (Phi) is 11.9. The Balaban J connectivity index is 0.000000166. The van der Waals surface area contributed by atoms with E-state index in [2.05, 4.69) is 39.8 Å². The maximum Gasteiger partial charge on any atom is 0.573 e. The number of aryl methyl sites for hydroxylation is 2. The molecular formula is C35H25F6N7O7S2. The summed E-state index contributed by atoms with van der Waals surface area (Å²) in [4.78, 5) is 32.0. The van der Waals surface area contributed by atoms with Crippen molar-refractivity contribution in [1.82, 2.24) is 34.9 Å². The monoisotopic (exact) mass is 833 g/mol. The number of benzene rings is 2. The van der Waals surface area contributed by atoms with Crippen LogP contribution in [0.1, 0.15) is 25.7 Å². The molecule has 0 aliphatic carbocycles. The Labute approximate surface area is 324 Å². The molecule has 1 N–H and O–H groups in total. The standard InChI is InChI=1S/C17H11F3N4O3S.C14H8F3NO3.C4H6N2OS/c1-9-22-23-14(28-9)8-24-15-13(26-16(24)25)7-6-12(21-15)10-2-4-11(5-3-10)27-17(18,19)20;15-14(16,17)21-9-3-1-8(2-4-9)10-5-6-12-11(18-10)7-13(19)20-12;1-3-5-6-4(2-7)8-3/h2-7H,8H2,1H3;1-6H,7H2;7H,2H2,1H3. The van der Waals surface area contributed by atoms with Crippen LogP contribution < -0.4 is 20.0 Å². The smallest absolute Gasteiger partial charge is 0.424 e. The van der Waals surface area contributed by atoms with Gasteiger partial charge in [-0.1, -0.05) is 22.7 Å². The summed E-state index contributed by atoms with van der Waals surface area (Å²) in [7, 11) is 0. The van der Waals surface area contributed by atoms with Crippen LogP contribution in [0.4, 0.5) is 26.3 Å². The molecule has 0 atom stereocenters. The summed E-state index contributed by atoms with van der Waals surface area (Å²) in [5.41, 5.74) is 3.32. The van der Waals surface area contributed by atoms with Gasteiger partial charge < -0.3 is 23.7 Å². The van der Waals surface area contributed by atoms with E-state index in [-0.39, 0.29) is 37.0 Å². The van der Waals surface area contributed by atoms with Crippen LogP contribution in [-0.2, 0) is 24.4 Å². The highest BCUT2D eigenvalue weighted by Gasteiger charge is 2.32. The number of carbonyl (C=O) groups excluding carboxylic acids is 1. The number of fused-ring (bicyclic) bond motifs is 2. The van der Waals surface area contributed by atoms with Gasteiger partial charge in [-0.25, -0.2) is 14.8 Å². The Morgan fingerprint density at radius 2 is 1.25 bits per heavy atom. The average Bonchev–Trinajstić information content (AvgIpc) is 3.94. The third-order valence-electron chi connectivity index (χ3n) is 7.31. The van der Waals surface area contributed by atoms with Crippen molar-refractivity contribution >= 4 is 39.9 Å². The van der Waals surface area contributed by atoms with E-state index < -0.39 is 18.5 Å². The number of alkyl halides is 6. The zero-order chi connectivity index (χ0) is 40.9. The normalized spacial score (nSPS) is 12.3. The van der Waals surface area contributed by atoms with Crippen molar-refractivity contribution in [3.8, 4) is 39.8 Å². The molecule has 14 nitrogen and oxygen atoms in total. The molecule has 296 valence electrons. The molecule has 0 saturated heterocycles. The molecule has 6 heterocycles. The first-order chi connectivity index (χ1) is 27.0. The molecule has 0 spiro atoms. The highest BCUT2D eigenvalue weighted by Crippen LogP contribution is 2.30. The second kappa shape index (κ2) is 16.9. The Hall–Kier alpha value is -6.26. The Morgan fingerprint density at radius 3 is 1.74 bits per heavy atom. The fourth-order valence-corrected chi connectivity index (χ4v) is 6.27. The number of pyridine rings is 2. The van der Waals surface area contributed by atoms with E-state index in [4.69, 9.17) is 14.3 Å². The summed E-state index contributed by atoms with van der Waals surface area (Å²) in [6, 6.07) is 17.1. The van der Waals surface area contributed by atoms with Crippen LogP contribution in [0.5, 0.6) is 17.2 Å². The van der Waals surface area contributed by atoms with Crippen LogP contribution in [-0.4, -0.2) is 58.7 Å². The van der Waals surface area contributed by atoms with Gasteiger partial charge in [0.2, 0.25) is 0 Å². The summed E-state index contributed by atoms with van der Waals surface area (Å²) >= 11 is 2.77. The molecule has 0 unspecified atom stereocenters. The van der Waals surface area contributed by atoms with Crippen LogP contribution >= 0.6 is 22.7 Å². The number of aromatic nitrogens is 7. The molecule has 57 heavy (non-hydrogen) atoms. The minimum atomic E-state index is -4.76. The van der Waals surface area contributed by atoms with Gasteiger partial charge in [0, 0.05) is 11.1 Å². The minimum Gasteiger partial charge on any atom is -0.424 e. The minimum absolute atomic E-state index is 0.00546. The lowest BCUT2D eigenvalue weighted by Gasteiger charge is -2.09. The molecule has 0 bridgehead atoms. The predicted octanol–water partition coefficient (Wildman–Crippen LogP) is 7.21. The number of aliphatic hydroxyl groups is 1. The predicted molar refractivity (Wildman–Crippen MR) is 190 cm³/mol. The molecule has 8 rings (SSSR count). The lowest BCUT2D eigenvalue weighted by Crippen LogP contribution is -2.17. The van der Waals surface area contributed by atoms with Gasteiger partial charge >= 0.3 is 24.5 Å². The van der Waals surface area contributed by atoms with E-state index in [0.29, 0.717) is 55.2 Å². The number of ether oxygens (including phenoxy) is 3. The van der Waals surface area contributed by atoms with Crippen LogP contribution in [0.2, 0.25) is 0 Å². The molecule has 1 aliphatic rings. The van der Waals surface area contributed by atoms with Gasteiger partial charge in [-0.2, -0.15) is 0 Å². The van der Waals surface area contributed by atoms with E-state index in [9.17, 15) is 35.9 Å². The molecule has 0 fully saturated rings. The van der Waals surface area contributed by atoms with Gasteiger partial charge in [-0.15, -0.1) is 46.7 Å². The Bertz CT molecular complexity index is 2550. The summed E-state index contributed by atoms with van der Waals surface area (Å²) in [5, 5.41) is 26.7. The van der Waals surface area contributed by atoms with Gasteiger partial charge in [0.25, 0.3) is 0 Å². The molecule has 0 saturated carbocycles. The summed E-state index contributed by atoms with van der Waals surface area (Å²) in [6.07, 6.45) is -9.38. The van der Waals surface area contributed by atoms with Crippen molar-refractivity contribution in [3.05, 3.63) is 109 Å². The third kappa shape index (κ3) is 11.0. The zero-order valence-electron chi connectivity index (χ0n) is 29.2. The number of aliphatic hydroxyl groups excluding tert-OH is 1. The van der Waals surface area contributed by atoms with Crippen LogP contribution in [0.3, 0.4) is 0 Å². The first-order valence-corrected chi connectivity index (χ1v) is 17.8. The van der Waals surface area contributed by atoms with Crippen LogP contribution in [0.15, 0.2) is 82.0 Å². The first-order valence-electron chi connectivity index (χ1n) is 16.1. The van der Waals surface area contributed by atoms with Gasteiger partial charge in [-0.05, 0) is 86.6 Å². The number of nitrogens with zero attached hydrogens (tertiary/aromatic N) is 7. The largest absolute Gasteiger partial charge is 0.573 e. The van der Waals surface area contributed by atoms with Crippen LogP contribution in [0.25, 0.3) is 33.7 Å². The molecule has 1 aliphatic heterocycles. The van der Waals surface area contributed by atoms with Crippen molar-refractivity contribution in [2.24, 2.45) is 0 Å². The molecule has 2 aromatic carbocycles. The molecule has 22 heteroatoms. The van der Waals surface area contributed by atoms with Crippen molar-refractivity contribution in [1.29, 1.82) is 0 Å². The van der Waals surface area contributed by atoms with E-state index in [1.54, 1.807) is 31.2 Å². The van der Waals surface area contributed by atoms with Gasteiger partial charge in [0.05, 0.1) is 36.7 Å². The van der Waals surface area contributed by atoms with Crippen molar-refractivity contribution in [3.63, 3.8) is 0 Å². The second-order valence-electron chi connectivity index (χ2n) is 11.5. The maximum atomic E-state index is 12.3. The highest BCUT2D eigenvalue weighted by molar-refractivity contribution is 7.11. The van der Waals surface area contributed by atoms with Crippen molar-refractivity contribution in [2.45, 2.75) is 46.1 Å².